The fraction of sp³-hybridized carbons (Fsp3) is 0.226. The summed E-state index contributed by atoms with van der Waals surface area (Å²) in [4.78, 5) is 9.17. The number of nitriles is 1. The number of fused-ring (bicyclic) bond motifs is 3. The van der Waals surface area contributed by atoms with Gasteiger partial charge < -0.3 is 19.0 Å². The molecule has 0 unspecified atom stereocenters. The topological polar surface area (TPSA) is 65.5 Å². The molecule has 6 rings (SSSR count). The number of ether oxygens (including phenoxy) is 1. The van der Waals surface area contributed by atoms with E-state index in [0.29, 0.717) is 29.5 Å². The van der Waals surface area contributed by atoms with E-state index < -0.39 is 0 Å². The molecule has 0 spiro atoms. The van der Waals surface area contributed by atoms with Crippen molar-refractivity contribution in [2.75, 3.05) is 32.1 Å². The third-order valence-electron chi connectivity index (χ3n) is 7.22. The molecule has 3 heterocycles. The molecule has 0 radical (unpaired) electrons. The minimum absolute atomic E-state index is 0.454. The lowest BCUT2D eigenvalue weighted by molar-refractivity contribution is 0.306. The van der Waals surface area contributed by atoms with Gasteiger partial charge in [-0.3, -0.25) is 0 Å². The molecule has 184 valence electrons. The van der Waals surface area contributed by atoms with E-state index in [4.69, 9.17) is 9.15 Å². The van der Waals surface area contributed by atoms with Gasteiger partial charge in [-0.1, -0.05) is 42.5 Å². The van der Waals surface area contributed by atoms with Crippen LogP contribution in [0.2, 0.25) is 0 Å². The van der Waals surface area contributed by atoms with E-state index in [2.05, 4.69) is 59.2 Å². The molecule has 0 bridgehead atoms. The zero-order valence-electron chi connectivity index (χ0n) is 21.0. The molecule has 1 fully saturated rings. The van der Waals surface area contributed by atoms with Crippen LogP contribution in [0, 0.1) is 11.3 Å². The van der Waals surface area contributed by atoms with Crippen LogP contribution in [-0.2, 0) is 6.61 Å². The van der Waals surface area contributed by atoms with Gasteiger partial charge in [0.25, 0.3) is 0 Å². The monoisotopic (exact) mass is 488 g/mol. The number of rotatable bonds is 6. The molecule has 0 saturated carbocycles. The predicted octanol–water partition coefficient (Wildman–Crippen LogP) is 6.24. The smallest absolute Gasteiger partial charge is 0.227 e. The van der Waals surface area contributed by atoms with Crippen molar-refractivity contribution in [1.82, 2.24) is 9.88 Å². The van der Waals surface area contributed by atoms with Crippen LogP contribution in [0.3, 0.4) is 0 Å². The molecule has 0 amide bonds. The molecule has 1 saturated heterocycles. The second kappa shape index (κ2) is 9.61. The number of hydrogen-bond acceptors (Lipinski definition) is 6. The highest BCUT2D eigenvalue weighted by Crippen LogP contribution is 2.45. The highest BCUT2D eigenvalue weighted by Gasteiger charge is 2.30. The molecule has 1 aliphatic heterocycles. The summed E-state index contributed by atoms with van der Waals surface area (Å²) in [5, 5.41) is 12.0. The second-order valence-electron chi connectivity index (χ2n) is 9.75. The Balaban J connectivity index is 1.51. The van der Waals surface area contributed by atoms with Crippen molar-refractivity contribution < 1.29 is 9.15 Å². The van der Waals surface area contributed by atoms with Crippen LogP contribution in [0.25, 0.3) is 33.2 Å². The summed E-state index contributed by atoms with van der Waals surface area (Å²) in [5.74, 6) is 0.789. The van der Waals surface area contributed by atoms with E-state index >= 15 is 0 Å². The standard InChI is InChI=1S/C31H28N4O2/c1-34(2)24-13-15-35(19-24)29-27(17-23(18-32)30-28(29)26-12-7-14-33-31(26)37-30)22-10-6-11-25(16-22)36-20-21-8-4-3-5-9-21/h3-12,14,16-17,24H,13,15,19-20H2,1-2H3/t24-/m0/s1. The number of anilines is 1. The molecule has 1 aliphatic rings. The largest absolute Gasteiger partial charge is 0.489 e. The molecule has 5 aromatic rings. The van der Waals surface area contributed by atoms with Crippen LogP contribution in [0.1, 0.15) is 17.5 Å². The first-order valence-corrected chi connectivity index (χ1v) is 12.5. The third kappa shape index (κ3) is 4.28. The molecule has 3 aromatic carbocycles. The van der Waals surface area contributed by atoms with Gasteiger partial charge in [-0.15, -0.1) is 0 Å². The second-order valence-corrected chi connectivity index (χ2v) is 9.75. The maximum atomic E-state index is 10.1. The molecule has 6 nitrogen and oxygen atoms in total. The van der Waals surface area contributed by atoms with Crippen molar-refractivity contribution >= 4 is 27.8 Å². The third-order valence-corrected chi connectivity index (χ3v) is 7.22. The van der Waals surface area contributed by atoms with Gasteiger partial charge in [-0.05, 0) is 62.0 Å². The summed E-state index contributed by atoms with van der Waals surface area (Å²) < 4.78 is 12.3. The molecule has 0 aliphatic carbocycles. The first-order chi connectivity index (χ1) is 18.1. The Morgan fingerprint density at radius 2 is 1.95 bits per heavy atom. The minimum Gasteiger partial charge on any atom is -0.489 e. The Labute approximate surface area is 216 Å². The molecule has 1 atom stereocenters. The highest BCUT2D eigenvalue weighted by atomic mass is 16.5. The van der Waals surface area contributed by atoms with Gasteiger partial charge in [-0.25, -0.2) is 4.98 Å². The van der Waals surface area contributed by atoms with Crippen molar-refractivity contribution in [3.05, 3.63) is 90.1 Å². The van der Waals surface area contributed by atoms with Crippen LogP contribution in [0.5, 0.6) is 5.75 Å². The number of likely N-dealkylation sites (N-methyl/N-ethyl adjacent to an activating group) is 1. The van der Waals surface area contributed by atoms with Gasteiger partial charge in [-0.2, -0.15) is 5.26 Å². The number of pyridine rings is 1. The van der Waals surface area contributed by atoms with Gasteiger partial charge in [0.1, 0.15) is 18.4 Å². The van der Waals surface area contributed by atoms with Gasteiger partial charge in [0.15, 0.2) is 5.58 Å². The molecule has 6 heteroatoms. The van der Waals surface area contributed by atoms with E-state index in [1.54, 1.807) is 6.20 Å². The van der Waals surface area contributed by atoms with E-state index in [0.717, 1.165) is 58.4 Å². The Bertz CT molecular complexity index is 1620. The van der Waals surface area contributed by atoms with Crippen molar-refractivity contribution in [3.8, 4) is 22.9 Å². The summed E-state index contributed by atoms with van der Waals surface area (Å²) in [7, 11) is 4.27. The average molecular weight is 489 g/mol. The lowest BCUT2D eigenvalue weighted by Crippen LogP contribution is -2.31. The number of hydrogen-bond donors (Lipinski definition) is 0. The van der Waals surface area contributed by atoms with E-state index in [1.807, 2.05) is 48.5 Å². The number of nitrogens with zero attached hydrogens (tertiary/aromatic N) is 4. The Morgan fingerprint density at radius 3 is 2.73 bits per heavy atom. The summed E-state index contributed by atoms with van der Waals surface area (Å²) in [6, 6.07) is 27.0. The van der Waals surface area contributed by atoms with Crippen molar-refractivity contribution in [2.24, 2.45) is 0 Å². The van der Waals surface area contributed by atoms with E-state index in [1.165, 1.54) is 0 Å². The van der Waals surface area contributed by atoms with Crippen LogP contribution in [0.4, 0.5) is 5.69 Å². The van der Waals surface area contributed by atoms with Crippen LogP contribution < -0.4 is 9.64 Å². The number of aromatic nitrogens is 1. The zero-order chi connectivity index (χ0) is 25.4. The normalized spacial score (nSPS) is 15.5. The Morgan fingerprint density at radius 1 is 1.08 bits per heavy atom. The molecule has 2 aromatic heterocycles. The van der Waals surface area contributed by atoms with Gasteiger partial charge in [0, 0.05) is 30.9 Å². The summed E-state index contributed by atoms with van der Waals surface area (Å²) in [5.41, 5.74) is 5.86. The minimum atomic E-state index is 0.454. The maximum absolute atomic E-state index is 10.1. The quantitative estimate of drug-likeness (QED) is 0.282. The average Bonchev–Trinajstić information content (AvgIpc) is 3.58. The van der Waals surface area contributed by atoms with Crippen molar-refractivity contribution in [1.29, 1.82) is 5.26 Å². The SMILES string of the molecule is CN(C)[C@H]1CCN(c2c(-c3cccc(OCc4ccccc4)c3)cc(C#N)c3oc4ncccc4c23)C1. The van der Waals surface area contributed by atoms with Crippen molar-refractivity contribution in [2.45, 2.75) is 19.1 Å². The van der Waals surface area contributed by atoms with E-state index in [-0.39, 0.29) is 0 Å². The fourth-order valence-electron chi connectivity index (χ4n) is 5.26. The summed E-state index contributed by atoms with van der Waals surface area (Å²) >= 11 is 0. The highest BCUT2D eigenvalue weighted by molar-refractivity contribution is 6.16. The van der Waals surface area contributed by atoms with Gasteiger partial charge in [0.2, 0.25) is 5.71 Å². The molecular weight excluding hydrogens is 460 g/mol. The maximum Gasteiger partial charge on any atom is 0.227 e. The first-order valence-electron chi connectivity index (χ1n) is 12.5. The lowest BCUT2D eigenvalue weighted by Gasteiger charge is -2.25. The summed E-state index contributed by atoms with van der Waals surface area (Å²) in [6.45, 7) is 2.32. The van der Waals surface area contributed by atoms with Gasteiger partial charge >= 0.3 is 0 Å². The molecule has 37 heavy (non-hydrogen) atoms. The first kappa shape index (κ1) is 23.1. The Kier molecular flexibility index (Phi) is 5.99. The molecule has 0 N–H and O–H groups in total. The summed E-state index contributed by atoms with van der Waals surface area (Å²) in [6.07, 6.45) is 2.80. The van der Waals surface area contributed by atoms with Crippen LogP contribution >= 0.6 is 0 Å². The van der Waals surface area contributed by atoms with Crippen LogP contribution in [0.15, 0.2) is 83.4 Å². The zero-order valence-corrected chi connectivity index (χ0v) is 21.0. The molecular formula is C31H28N4O2. The Hall–Kier alpha value is -4.34. The predicted molar refractivity (Wildman–Crippen MR) is 147 cm³/mol. The van der Waals surface area contributed by atoms with Crippen LogP contribution in [-0.4, -0.2) is 43.1 Å². The van der Waals surface area contributed by atoms with E-state index in [9.17, 15) is 5.26 Å². The lowest BCUT2D eigenvalue weighted by atomic mass is 9.96. The number of furan rings is 1. The fourth-order valence-corrected chi connectivity index (χ4v) is 5.26. The van der Waals surface area contributed by atoms with Gasteiger partial charge in [0.05, 0.1) is 22.0 Å². The van der Waals surface area contributed by atoms with Crippen molar-refractivity contribution in [3.63, 3.8) is 0 Å². The number of benzene rings is 3.